The molecule has 23 heavy (non-hydrogen) atoms. The molecule has 0 aromatic carbocycles. The quantitative estimate of drug-likeness (QED) is 0.864. The van der Waals surface area contributed by atoms with Crippen LogP contribution in [-0.4, -0.2) is 9.38 Å². The number of nitrogens with two attached hydrogens (primary N) is 1. The highest BCUT2D eigenvalue weighted by Gasteiger charge is 2.27. The third-order valence-electron chi connectivity index (χ3n) is 5.24. The van der Waals surface area contributed by atoms with E-state index in [1.165, 1.54) is 44.2 Å². The molecule has 0 spiro atoms. The van der Waals surface area contributed by atoms with E-state index in [2.05, 4.69) is 43.5 Å². The minimum absolute atomic E-state index is 0.0177. The van der Waals surface area contributed by atoms with Gasteiger partial charge in [-0.25, -0.2) is 4.98 Å². The first kappa shape index (κ1) is 16.5. The molecule has 126 valence electrons. The van der Waals surface area contributed by atoms with E-state index < -0.39 is 0 Å². The first-order chi connectivity index (χ1) is 11.0. The topological polar surface area (TPSA) is 43.3 Å². The van der Waals surface area contributed by atoms with Crippen LogP contribution in [0.3, 0.4) is 0 Å². The maximum absolute atomic E-state index is 6.66. The first-order valence-corrected chi connectivity index (χ1v) is 9.20. The monoisotopic (exact) mass is 313 g/mol. The van der Waals surface area contributed by atoms with Crippen molar-refractivity contribution in [3.05, 3.63) is 35.8 Å². The number of hydrogen-bond donors (Lipinski definition) is 1. The van der Waals surface area contributed by atoms with Crippen LogP contribution in [0.25, 0.3) is 5.65 Å². The van der Waals surface area contributed by atoms with Crippen LogP contribution >= 0.6 is 0 Å². The van der Waals surface area contributed by atoms with Crippen LogP contribution < -0.4 is 5.73 Å². The van der Waals surface area contributed by atoms with Gasteiger partial charge in [0.15, 0.2) is 0 Å². The molecule has 3 nitrogen and oxygen atoms in total. The van der Waals surface area contributed by atoms with Crippen molar-refractivity contribution in [2.45, 2.75) is 77.2 Å². The maximum Gasteiger partial charge on any atom is 0.137 e. The lowest BCUT2D eigenvalue weighted by Crippen LogP contribution is -2.22. The zero-order chi connectivity index (χ0) is 16.4. The zero-order valence-corrected chi connectivity index (χ0v) is 14.9. The molecule has 1 saturated carbocycles. The molecule has 0 bridgehead atoms. The number of pyridine rings is 1. The van der Waals surface area contributed by atoms with Gasteiger partial charge in [0.05, 0.1) is 11.4 Å². The summed E-state index contributed by atoms with van der Waals surface area (Å²) in [6.07, 6.45) is 11.4. The summed E-state index contributed by atoms with van der Waals surface area (Å²) in [5.41, 5.74) is 10.1. The van der Waals surface area contributed by atoms with E-state index in [9.17, 15) is 0 Å². The third-order valence-corrected chi connectivity index (χ3v) is 5.24. The average Bonchev–Trinajstić information content (AvgIpc) is 2.93. The van der Waals surface area contributed by atoms with Crippen LogP contribution in [0.4, 0.5) is 0 Å². The summed E-state index contributed by atoms with van der Waals surface area (Å²) in [5, 5.41) is 0. The molecule has 1 aliphatic rings. The highest BCUT2D eigenvalue weighted by Crippen LogP contribution is 2.34. The molecule has 1 atom stereocenters. The Hall–Kier alpha value is -1.35. The Kier molecular flexibility index (Phi) is 4.77. The molecule has 0 saturated heterocycles. The maximum atomic E-state index is 6.66. The summed E-state index contributed by atoms with van der Waals surface area (Å²) in [4.78, 5) is 4.88. The van der Waals surface area contributed by atoms with Gasteiger partial charge in [0.2, 0.25) is 0 Å². The zero-order valence-electron chi connectivity index (χ0n) is 14.9. The van der Waals surface area contributed by atoms with Crippen LogP contribution in [0, 0.1) is 5.92 Å². The van der Waals surface area contributed by atoms with Crippen molar-refractivity contribution in [3.63, 3.8) is 0 Å². The summed E-state index contributed by atoms with van der Waals surface area (Å²) in [6.45, 7) is 6.68. The molecular weight excluding hydrogens is 282 g/mol. The van der Waals surface area contributed by atoms with Gasteiger partial charge >= 0.3 is 0 Å². The molecule has 2 aromatic rings. The summed E-state index contributed by atoms with van der Waals surface area (Å²) in [6, 6.07) is 6.26. The summed E-state index contributed by atoms with van der Waals surface area (Å²) in [7, 11) is 0. The van der Waals surface area contributed by atoms with Gasteiger partial charge in [-0.1, -0.05) is 58.9 Å². The Morgan fingerprint density at radius 1 is 1.22 bits per heavy atom. The van der Waals surface area contributed by atoms with Crippen molar-refractivity contribution in [1.29, 1.82) is 0 Å². The summed E-state index contributed by atoms with van der Waals surface area (Å²) >= 11 is 0. The molecule has 2 N–H and O–H groups in total. The molecule has 1 fully saturated rings. The van der Waals surface area contributed by atoms with E-state index in [-0.39, 0.29) is 11.5 Å². The Labute approximate surface area is 140 Å². The second-order valence-electron chi connectivity index (χ2n) is 8.21. The molecular formula is C20H31N3. The molecule has 0 radical (unpaired) electrons. The lowest BCUT2D eigenvalue weighted by Gasteiger charge is -2.25. The summed E-state index contributed by atoms with van der Waals surface area (Å²) in [5.74, 6) is 0.882. The van der Waals surface area contributed by atoms with Crippen molar-refractivity contribution >= 4 is 5.65 Å². The average molecular weight is 313 g/mol. The Morgan fingerprint density at radius 2 is 1.96 bits per heavy atom. The fourth-order valence-electron chi connectivity index (χ4n) is 3.95. The lowest BCUT2D eigenvalue weighted by atomic mass is 9.83. The molecule has 3 rings (SSSR count). The van der Waals surface area contributed by atoms with Gasteiger partial charge in [-0.3, -0.25) is 0 Å². The minimum atomic E-state index is 0.0177. The van der Waals surface area contributed by atoms with Crippen molar-refractivity contribution in [3.8, 4) is 0 Å². The van der Waals surface area contributed by atoms with Gasteiger partial charge < -0.3 is 10.1 Å². The van der Waals surface area contributed by atoms with E-state index in [0.29, 0.717) is 0 Å². The third kappa shape index (κ3) is 3.60. The fourth-order valence-corrected chi connectivity index (χ4v) is 3.95. The molecule has 1 aliphatic carbocycles. The highest BCUT2D eigenvalue weighted by molar-refractivity contribution is 5.45. The lowest BCUT2D eigenvalue weighted by molar-refractivity contribution is 0.322. The Balaban J connectivity index is 1.84. The normalized spacial score (nSPS) is 18.4. The number of fused-ring (bicyclic) bond motifs is 1. The van der Waals surface area contributed by atoms with Gasteiger partial charge in [-0.2, -0.15) is 0 Å². The van der Waals surface area contributed by atoms with E-state index in [4.69, 9.17) is 10.7 Å². The minimum Gasteiger partial charge on any atom is -0.323 e. The van der Waals surface area contributed by atoms with Gasteiger partial charge in [-0.15, -0.1) is 0 Å². The highest BCUT2D eigenvalue weighted by atomic mass is 15.0. The number of rotatable bonds is 4. The van der Waals surface area contributed by atoms with Crippen molar-refractivity contribution in [2.24, 2.45) is 11.7 Å². The van der Waals surface area contributed by atoms with Gasteiger partial charge in [0.25, 0.3) is 0 Å². The number of aromatic nitrogens is 2. The molecule has 3 heteroatoms. The van der Waals surface area contributed by atoms with Crippen molar-refractivity contribution in [2.75, 3.05) is 0 Å². The smallest absolute Gasteiger partial charge is 0.137 e. The molecule has 0 amide bonds. The standard InChI is InChI=1S/C20H31N3/c1-20(2,3)19-18(23-14-8-7-11-17(23)22-19)16(21)13-12-15-9-5-4-6-10-15/h7-8,11,14-16H,4-6,9-10,12-13,21H2,1-3H3. The van der Waals surface area contributed by atoms with E-state index in [1.54, 1.807) is 0 Å². The molecule has 2 heterocycles. The summed E-state index contributed by atoms with van der Waals surface area (Å²) < 4.78 is 2.20. The SMILES string of the molecule is CC(C)(C)c1nc2ccccn2c1C(N)CCC1CCCCC1. The van der Waals surface area contributed by atoms with Crippen LogP contribution in [0.2, 0.25) is 0 Å². The van der Waals surface area contributed by atoms with Crippen LogP contribution in [0.5, 0.6) is 0 Å². The van der Waals surface area contributed by atoms with Gasteiger partial charge in [0, 0.05) is 17.7 Å². The second kappa shape index (κ2) is 6.64. The largest absolute Gasteiger partial charge is 0.323 e. The van der Waals surface area contributed by atoms with E-state index in [1.807, 2.05) is 6.07 Å². The van der Waals surface area contributed by atoms with Gasteiger partial charge in [-0.05, 0) is 30.9 Å². The van der Waals surface area contributed by atoms with E-state index in [0.717, 1.165) is 23.7 Å². The van der Waals surface area contributed by atoms with Crippen LogP contribution in [0.15, 0.2) is 24.4 Å². The number of hydrogen-bond acceptors (Lipinski definition) is 2. The predicted molar refractivity (Wildman–Crippen MR) is 96.6 cm³/mol. The second-order valence-corrected chi connectivity index (χ2v) is 8.21. The van der Waals surface area contributed by atoms with Crippen LogP contribution in [0.1, 0.15) is 83.1 Å². The fraction of sp³-hybridized carbons (Fsp3) is 0.650. The van der Waals surface area contributed by atoms with Gasteiger partial charge in [0.1, 0.15) is 5.65 Å². The molecule has 0 aliphatic heterocycles. The molecule has 2 aromatic heterocycles. The Morgan fingerprint density at radius 3 is 2.65 bits per heavy atom. The predicted octanol–water partition coefficient (Wildman–Crippen LogP) is 4.99. The molecule has 1 unspecified atom stereocenters. The van der Waals surface area contributed by atoms with Crippen LogP contribution in [-0.2, 0) is 5.41 Å². The van der Waals surface area contributed by atoms with Crippen molar-refractivity contribution in [1.82, 2.24) is 9.38 Å². The first-order valence-electron chi connectivity index (χ1n) is 9.20. The van der Waals surface area contributed by atoms with E-state index >= 15 is 0 Å². The number of imidazole rings is 1. The van der Waals surface area contributed by atoms with Crippen molar-refractivity contribution < 1.29 is 0 Å². The number of nitrogens with zero attached hydrogens (tertiary/aromatic N) is 2. The Bertz CT molecular complexity index is 644.